The van der Waals surface area contributed by atoms with Crippen LogP contribution in [-0.4, -0.2) is 29.8 Å². The van der Waals surface area contributed by atoms with E-state index in [1.807, 2.05) is 27.7 Å². The molecule has 4 heteroatoms. The van der Waals surface area contributed by atoms with E-state index in [1.165, 1.54) is 0 Å². The van der Waals surface area contributed by atoms with E-state index < -0.39 is 0 Å². The lowest BCUT2D eigenvalue weighted by Gasteiger charge is -2.20. The molecule has 0 aliphatic rings. The molecule has 0 aromatic rings. The van der Waals surface area contributed by atoms with E-state index >= 15 is 0 Å². The maximum absolute atomic E-state index is 11.2. The van der Waals surface area contributed by atoms with Gasteiger partial charge in [-0.1, -0.05) is 13.8 Å². The van der Waals surface area contributed by atoms with Crippen LogP contribution < -0.4 is 10.6 Å². The molecule has 13 heavy (non-hydrogen) atoms. The van der Waals surface area contributed by atoms with E-state index in [-0.39, 0.29) is 30.6 Å². The number of hydrogen-bond donors (Lipinski definition) is 3. The second-order valence-corrected chi connectivity index (χ2v) is 3.81. The van der Waals surface area contributed by atoms with Crippen LogP contribution in [0, 0.1) is 5.92 Å². The van der Waals surface area contributed by atoms with Gasteiger partial charge in [-0.05, 0) is 19.8 Å². The zero-order valence-corrected chi connectivity index (χ0v) is 8.79. The second kappa shape index (κ2) is 5.80. The predicted molar refractivity (Wildman–Crippen MR) is 52.5 cm³/mol. The summed E-state index contributed by atoms with van der Waals surface area (Å²) >= 11 is 0. The molecular weight excluding hydrogens is 168 g/mol. The molecule has 0 radical (unpaired) electrons. The molecule has 2 amide bonds. The highest BCUT2D eigenvalue weighted by atomic mass is 16.3. The molecule has 3 N–H and O–H groups in total. The van der Waals surface area contributed by atoms with Crippen molar-refractivity contribution in [1.82, 2.24) is 10.6 Å². The number of hydrogen-bond acceptors (Lipinski definition) is 2. The van der Waals surface area contributed by atoms with Crippen LogP contribution in [0.4, 0.5) is 4.79 Å². The van der Waals surface area contributed by atoms with E-state index in [4.69, 9.17) is 5.11 Å². The van der Waals surface area contributed by atoms with Gasteiger partial charge in [-0.2, -0.15) is 0 Å². The molecule has 78 valence electrons. The fourth-order valence-corrected chi connectivity index (χ4v) is 0.895. The molecule has 0 saturated heterocycles. The first-order chi connectivity index (χ1) is 5.97. The minimum Gasteiger partial charge on any atom is -0.394 e. The second-order valence-electron chi connectivity index (χ2n) is 3.81. The fourth-order valence-electron chi connectivity index (χ4n) is 0.895. The van der Waals surface area contributed by atoms with Crippen molar-refractivity contribution in [1.29, 1.82) is 0 Å². The third-order valence-electron chi connectivity index (χ3n) is 1.74. The molecule has 0 rings (SSSR count). The largest absolute Gasteiger partial charge is 0.394 e. The van der Waals surface area contributed by atoms with Crippen molar-refractivity contribution in [3.8, 4) is 0 Å². The third kappa shape index (κ3) is 5.47. The summed E-state index contributed by atoms with van der Waals surface area (Å²) in [6, 6.07) is -0.270. The lowest BCUT2D eigenvalue weighted by molar-refractivity contribution is 0.197. The minimum atomic E-state index is -0.220. The Balaban J connectivity index is 3.87. The quantitative estimate of drug-likeness (QED) is 0.608. The van der Waals surface area contributed by atoms with Crippen molar-refractivity contribution >= 4 is 6.03 Å². The van der Waals surface area contributed by atoms with Crippen LogP contribution in [0.25, 0.3) is 0 Å². The SMILES string of the molecule is CC(C)NC(=O)NC(CO)C(C)C. The molecule has 0 saturated carbocycles. The summed E-state index contributed by atoms with van der Waals surface area (Å²) in [6.07, 6.45) is 0. The Hall–Kier alpha value is -0.770. The van der Waals surface area contributed by atoms with Crippen molar-refractivity contribution < 1.29 is 9.90 Å². The van der Waals surface area contributed by atoms with E-state index in [0.717, 1.165) is 0 Å². The van der Waals surface area contributed by atoms with E-state index in [2.05, 4.69) is 10.6 Å². The highest BCUT2D eigenvalue weighted by molar-refractivity contribution is 5.74. The summed E-state index contributed by atoms with van der Waals surface area (Å²) in [4.78, 5) is 11.2. The highest BCUT2D eigenvalue weighted by Crippen LogP contribution is 1.99. The van der Waals surface area contributed by atoms with Crippen molar-refractivity contribution in [2.24, 2.45) is 5.92 Å². The third-order valence-corrected chi connectivity index (χ3v) is 1.74. The number of nitrogens with one attached hydrogen (secondary N) is 2. The van der Waals surface area contributed by atoms with E-state index in [0.29, 0.717) is 0 Å². The zero-order valence-electron chi connectivity index (χ0n) is 8.79. The maximum atomic E-state index is 11.2. The number of aliphatic hydroxyl groups excluding tert-OH is 1. The summed E-state index contributed by atoms with van der Waals surface area (Å²) in [5.74, 6) is 0.239. The van der Waals surface area contributed by atoms with Gasteiger partial charge in [-0.15, -0.1) is 0 Å². The van der Waals surface area contributed by atoms with Crippen molar-refractivity contribution in [2.45, 2.75) is 39.8 Å². The lowest BCUT2D eigenvalue weighted by atomic mass is 10.1. The number of carbonyl (C=O) groups is 1. The molecule has 0 fully saturated rings. The molecular formula is C9H20N2O2. The molecule has 0 heterocycles. The van der Waals surface area contributed by atoms with Gasteiger partial charge in [0.15, 0.2) is 0 Å². The van der Waals surface area contributed by atoms with E-state index in [1.54, 1.807) is 0 Å². The fraction of sp³-hybridized carbons (Fsp3) is 0.889. The number of rotatable bonds is 4. The topological polar surface area (TPSA) is 61.4 Å². The van der Waals surface area contributed by atoms with Gasteiger partial charge >= 0.3 is 6.03 Å². The first-order valence-electron chi connectivity index (χ1n) is 4.65. The van der Waals surface area contributed by atoms with Crippen LogP contribution in [-0.2, 0) is 0 Å². The molecule has 1 atom stereocenters. The summed E-state index contributed by atoms with van der Waals surface area (Å²) in [5, 5.41) is 14.3. The number of carbonyl (C=O) groups excluding carboxylic acids is 1. The Bertz CT molecular complexity index is 158. The Morgan fingerprint density at radius 1 is 1.23 bits per heavy atom. The molecule has 4 nitrogen and oxygen atoms in total. The molecule has 0 aromatic heterocycles. The van der Waals surface area contributed by atoms with Gasteiger partial charge in [0.05, 0.1) is 12.6 Å². The van der Waals surface area contributed by atoms with Crippen molar-refractivity contribution in [3.05, 3.63) is 0 Å². The highest BCUT2D eigenvalue weighted by Gasteiger charge is 2.14. The van der Waals surface area contributed by atoms with Gasteiger partial charge in [0.25, 0.3) is 0 Å². The number of urea groups is 1. The smallest absolute Gasteiger partial charge is 0.315 e. The zero-order chi connectivity index (χ0) is 10.4. The normalized spacial score (nSPS) is 13.2. The maximum Gasteiger partial charge on any atom is 0.315 e. The molecule has 0 spiro atoms. The van der Waals surface area contributed by atoms with Gasteiger partial charge in [-0.3, -0.25) is 0 Å². The van der Waals surface area contributed by atoms with Gasteiger partial charge in [0, 0.05) is 6.04 Å². The number of amides is 2. The predicted octanol–water partition coefficient (Wildman–Crippen LogP) is 0.711. The van der Waals surface area contributed by atoms with Crippen molar-refractivity contribution in [3.63, 3.8) is 0 Å². The van der Waals surface area contributed by atoms with Crippen LogP contribution >= 0.6 is 0 Å². The van der Waals surface area contributed by atoms with Crippen LogP contribution in [0.3, 0.4) is 0 Å². The summed E-state index contributed by atoms with van der Waals surface area (Å²) in [7, 11) is 0. The molecule has 0 bridgehead atoms. The van der Waals surface area contributed by atoms with Gasteiger partial charge in [-0.25, -0.2) is 4.79 Å². The summed E-state index contributed by atoms with van der Waals surface area (Å²) < 4.78 is 0. The molecule has 0 aliphatic heterocycles. The summed E-state index contributed by atoms with van der Waals surface area (Å²) in [6.45, 7) is 7.67. The molecule has 1 unspecified atom stereocenters. The Kier molecular flexibility index (Phi) is 5.46. The Morgan fingerprint density at radius 2 is 1.77 bits per heavy atom. The first-order valence-corrected chi connectivity index (χ1v) is 4.65. The molecule has 0 aliphatic carbocycles. The van der Waals surface area contributed by atoms with Crippen LogP contribution in [0.15, 0.2) is 0 Å². The van der Waals surface area contributed by atoms with Gasteiger partial charge in [0.2, 0.25) is 0 Å². The molecule has 0 aromatic carbocycles. The summed E-state index contributed by atoms with van der Waals surface area (Å²) in [5.41, 5.74) is 0. The first kappa shape index (κ1) is 12.2. The van der Waals surface area contributed by atoms with E-state index in [9.17, 15) is 4.79 Å². The monoisotopic (exact) mass is 188 g/mol. The number of aliphatic hydroxyl groups is 1. The Labute approximate surface area is 79.7 Å². The van der Waals surface area contributed by atoms with Crippen LogP contribution in [0.5, 0.6) is 0 Å². The van der Waals surface area contributed by atoms with Crippen LogP contribution in [0.2, 0.25) is 0 Å². The minimum absolute atomic E-state index is 0.0246. The average Bonchev–Trinajstić information content (AvgIpc) is 1.98. The standard InChI is InChI=1S/C9H20N2O2/c1-6(2)8(5-12)11-9(13)10-7(3)4/h6-8,12H,5H2,1-4H3,(H2,10,11,13). The van der Waals surface area contributed by atoms with Gasteiger partial charge < -0.3 is 15.7 Å². The van der Waals surface area contributed by atoms with Gasteiger partial charge in [0.1, 0.15) is 0 Å². The van der Waals surface area contributed by atoms with Crippen molar-refractivity contribution in [2.75, 3.05) is 6.61 Å². The average molecular weight is 188 g/mol. The lowest BCUT2D eigenvalue weighted by Crippen LogP contribution is -2.48. The van der Waals surface area contributed by atoms with Crippen LogP contribution in [0.1, 0.15) is 27.7 Å². The Morgan fingerprint density at radius 3 is 2.08 bits per heavy atom.